The highest BCUT2D eigenvalue weighted by Gasteiger charge is 2.24. The van der Waals surface area contributed by atoms with E-state index in [-0.39, 0.29) is 6.09 Å². The van der Waals surface area contributed by atoms with Gasteiger partial charge in [0.15, 0.2) is 0 Å². The summed E-state index contributed by atoms with van der Waals surface area (Å²) in [4.78, 5) is 20.1. The smallest absolute Gasteiger partial charge is 0.410 e. The Morgan fingerprint density at radius 2 is 1.95 bits per heavy atom. The predicted octanol–water partition coefficient (Wildman–Crippen LogP) is 3.84. The fourth-order valence-electron chi connectivity index (χ4n) is 2.27. The van der Waals surface area contributed by atoms with Crippen molar-refractivity contribution in [1.82, 2.24) is 9.88 Å². The van der Waals surface area contributed by atoms with Crippen LogP contribution in [0.2, 0.25) is 10.2 Å². The van der Waals surface area contributed by atoms with Crippen LogP contribution in [0.15, 0.2) is 12.3 Å². The normalized spacial score (nSPS) is 16.4. The minimum absolute atomic E-state index is 0.262. The van der Waals surface area contributed by atoms with Crippen molar-refractivity contribution in [2.24, 2.45) is 0 Å². The second-order valence-electron chi connectivity index (χ2n) is 6.27. The van der Waals surface area contributed by atoms with Gasteiger partial charge >= 0.3 is 6.09 Å². The van der Waals surface area contributed by atoms with Crippen LogP contribution in [0.5, 0.6) is 0 Å². The number of anilines is 1. The summed E-state index contributed by atoms with van der Waals surface area (Å²) in [6.45, 7) is 8.44. The lowest BCUT2D eigenvalue weighted by Crippen LogP contribution is -2.39. The molecule has 1 aromatic heterocycles. The monoisotopic (exact) mass is 345 g/mol. The summed E-state index contributed by atoms with van der Waals surface area (Å²) in [5.74, 6) is 0. The van der Waals surface area contributed by atoms with Crippen molar-refractivity contribution in [2.45, 2.75) is 32.8 Å². The molecule has 0 spiro atoms. The number of aromatic nitrogens is 1. The van der Waals surface area contributed by atoms with E-state index in [1.165, 1.54) is 0 Å². The molecule has 1 aromatic rings. The van der Waals surface area contributed by atoms with Crippen LogP contribution < -0.4 is 4.90 Å². The van der Waals surface area contributed by atoms with Crippen LogP contribution in [0.4, 0.5) is 10.5 Å². The molecule has 5 nitrogen and oxygen atoms in total. The Bertz CT molecular complexity index is 546. The lowest BCUT2D eigenvalue weighted by atomic mass is 10.2. The van der Waals surface area contributed by atoms with Crippen LogP contribution in [0.1, 0.15) is 27.2 Å². The third-order valence-corrected chi connectivity index (χ3v) is 3.98. The first-order valence-electron chi connectivity index (χ1n) is 7.30. The largest absolute Gasteiger partial charge is 0.444 e. The molecule has 0 saturated carbocycles. The number of hydrogen-bond donors (Lipinski definition) is 0. The summed E-state index contributed by atoms with van der Waals surface area (Å²) in [7, 11) is 0. The van der Waals surface area contributed by atoms with Crippen LogP contribution in [0.25, 0.3) is 0 Å². The van der Waals surface area contributed by atoms with Crippen molar-refractivity contribution < 1.29 is 9.53 Å². The van der Waals surface area contributed by atoms with Gasteiger partial charge in [0, 0.05) is 26.2 Å². The molecule has 0 aromatic carbocycles. The van der Waals surface area contributed by atoms with Crippen molar-refractivity contribution >= 4 is 35.0 Å². The van der Waals surface area contributed by atoms with Crippen LogP contribution >= 0.6 is 23.2 Å². The number of halogens is 2. The van der Waals surface area contributed by atoms with Crippen molar-refractivity contribution in [3.63, 3.8) is 0 Å². The number of ether oxygens (including phenoxy) is 1. The molecule has 0 N–H and O–H groups in total. The Balaban J connectivity index is 2.00. The molecular weight excluding hydrogens is 325 g/mol. The summed E-state index contributed by atoms with van der Waals surface area (Å²) in [5, 5.41) is 0.739. The van der Waals surface area contributed by atoms with Gasteiger partial charge in [-0.1, -0.05) is 23.2 Å². The molecule has 0 aliphatic carbocycles. The third-order valence-electron chi connectivity index (χ3n) is 3.29. The Hall–Kier alpha value is -1.20. The maximum atomic E-state index is 12.1. The summed E-state index contributed by atoms with van der Waals surface area (Å²) >= 11 is 11.9. The van der Waals surface area contributed by atoms with E-state index in [1.807, 2.05) is 20.8 Å². The Morgan fingerprint density at radius 1 is 1.23 bits per heavy atom. The Labute approximate surface area is 141 Å². The van der Waals surface area contributed by atoms with Gasteiger partial charge in [0.2, 0.25) is 0 Å². The fraction of sp³-hybridized carbons (Fsp3) is 0.600. The molecule has 0 atom stereocenters. The highest BCUT2D eigenvalue weighted by molar-refractivity contribution is 6.41. The predicted molar refractivity (Wildman–Crippen MR) is 88.9 cm³/mol. The number of nitrogens with zero attached hydrogens (tertiary/aromatic N) is 3. The number of carbonyl (C=O) groups is 1. The van der Waals surface area contributed by atoms with E-state index in [4.69, 9.17) is 27.9 Å². The third kappa shape index (κ3) is 4.65. The van der Waals surface area contributed by atoms with E-state index in [9.17, 15) is 4.79 Å². The van der Waals surface area contributed by atoms with Gasteiger partial charge in [-0.2, -0.15) is 0 Å². The maximum absolute atomic E-state index is 12.1. The van der Waals surface area contributed by atoms with Gasteiger partial charge in [-0.3, -0.25) is 0 Å². The van der Waals surface area contributed by atoms with Gasteiger partial charge in [-0.05, 0) is 33.3 Å². The van der Waals surface area contributed by atoms with E-state index in [0.29, 0.717) is 29.8 Å². The molecule has 1 aliphatic rings. The SMILES string of the molecule is CC(C)(C)OC(=O)N1CCCN(c2cnc(Cl)c(Cl)c2)CC1. The number of pyridine rings is 1. The standard InChI is InChI=1S/C15H21Cl2N3O2/c1-15(2,3)22-14(21)20-6-4-5-19(7-8-20)11-9-12(16)13(17)18-10-11/h9-10H,4-8H2,1-3H3. The van der Waals surface area contributed by atoms with E-state index in [2.05, 4.69) is 9.88 Å². The van der Waals surface area contributed by atoms with Crippen molar-refractivity contribution in [2.75, 3.05) is 31.1 Å². The molecule has 1 amide bonds. The minimum atomic E-state index is -0.475. The Morgan fingerprint density at radius 3 is 2.59 bits per heavy atom. The first-order valence-corrected chi connectivity index (χ1v) is 8.06. The molecular formula is C15H21Cl2N3O2. The van der Waals surface area contributed by atoms with Crippen LogP contribution in [-0.4, -0.2) is 47.8 Å². The molecule has 1 aliphatic heterocycles. The van der Waals surface area contributed by atoms with E-state index >= 15 is 0 Å². The quantitative estimate of drug-likeness (QED) is 0.725. The van der Waals surface area contributed by atoms with E-state index < -0.39 is 5.60 Å². The van der Waals surface area contributed by atoms with Crippen LogP contribution in [-0.2, 0) is 4.74 Å². The van der Waals surface area contributed by atoms with Gasteiger partial charge in [-0.25, -0.2) is 9.78 Å². The zero-order valence-corrected chi connectivity index (χ0v) is 14.6. The van der Waals surface area contributed by atoms with Crippen molar-refractivity contribution in [3.05, 3.63) is 22.4 Å². The minimum Gasteiger partial charge on any atom is -0.444 e. The lowest BCUT2D eigenvalue weighted by molar-refractivity contribution is 0.0263. The average Bonchev–Trinajstić information content (AvgIpc) is 2.66. The molecule has 0 radical (unpaired) electrons. The van der Waals surface area contributed by atoms with E-state index in [0.717, 1.165) is 18.7 Å². The molecule has 0 unspecified atom stereocenters. The number of amides is 1. The number of rotatable bonds is 1. The zero-order valence-electron chi connectivity index (χ0n) is 13.1. The summed E-state index contributed by atoms with van der Waals surface area (Å²) in [6.07, 6.45) is 2.30. The second-order valence-corrected chi connectivity index (χ2v) is 7.04. The maximum Gasteiger partial charge on any atom is 0.410 e. The lowest BCUT2D eigenvalue weighted by Gasteiger charge is -2.26. The molecule has 122 valence electrons. The first-order chi connectivity index (χ1) is 10.3. The molecule has 7 heteroatoms. The van der Waals surface area contributed by atoms with Gasteiger partial charge in [0.1, 0.15) is 10.8 Å². The summed E-state index contributed by atoms with van der Waals surface area (Å²) in [5.41, 5.74) is 0.442. The molecule has 0 bridgehead atoms. The molecule has 22 heavy (non-hydrogen) atoms. The highest BCUT2D eigenvalue weighted by Crippen LogP contribution is 2.25. The van der Waals surface area contributed by atoms with Crippen molar-refractivity contribution in [3.8, 4) is 0 Å². The number of carbonyl (C=O) groups excluding carboxylic acids is 1. The topological polar surface area (TPSA) is 45.7 Å². The van der Waals surface area contributed by atoms with Crippen LogP contribution in [0, 0.1) is 0 Å². The average molecular weight is 346 g/mol. The molecule has 1 saturated heterocycles. The van der Waals surface area contributed by atoms with Gasteiger partial charge < -0.3 is 14.5 Å². The van der Waals surface area contributed by atoms with Crippen LogP contribution in [0.3, 0.4) is 0 Å². The fourth-order valence-corrected chi connectivity index (χ4v) is 2.53. The van der Waals surface area contributed by atoms with Crippen molar-refractivity contribution in [1.29, 1.82) is 0 Å². The van der Waals surface area contributed by atoms with Gasteiger partial charge in [0.25, 0.3) is 0 Å². The Kier molecular flexibility index (Phi) is 5.40. The van der Waals surface area contributed by atoms with E-state index in [1.54, 1.807) is 17.2 Å². The molecule has 2 heterocycles. The zero-order chi connectivity index (χ0) is 16.3. The molecule has 2 rings (SSSR count). The second kappa shape index (κ2) is 6.92. The first kappa shape index (κ1) is 17.2. The number of hydrogen-bond acceptors (Lipinski definition) is 4. The molecule has 1 fully saturated rings. The highest BCUT2D eigenvalue weighted by atomic mass is 35.5. The van der Waals surface area contributed by atoms with Gasteiger partial charge in [0.05, 0.1) is 16.9 Å². The summed E-state index contributed by atoms with van der Waals surface area (Å²) in [6, 6.07) is 1.81. The van der Waals surface area contributed by atoms with Gasteiger partial charge in [-0.15, -0.1) is 0 Å². The summed E-state index contributed by atoms with van der Waals surface area (Å²) < 4.78 is 5.43.